The summed E-state index contributed by atoms with van der Waals surface area (Å²) in [6.45, 7) is 3.60. The van der Waals surface area contributed by atoms with Crippen molar-refractivity contribution in [1.29, 1.82) is 0 Å². The van der Waals surface area contributed by atoms with E-state index in [9.17, 15) is 18.8 Å². The van der Waals surface area contributed by atoms with E-state index in [1.165, 1.54) is 24.4 Å². The molecule has 10 heteroatoms. The van der Waals surface area contributed by atoms with E-state index in [1.54, 1.807) is 24.3 Å². The number of hydrogen-bond donors (Lipinski definition) is 3. The van der Waals surface area contributed by atoms with E-state index in [2.05, 4.69) is 37.1 Å². The molecule has 0 aromatic heterocycles. The number of benzene rings is 3. The first-order chi connectivity index (χ1) is 16.7. The number of amides is 3. The third kappa shape index (κ3) is 7.47. The van der Waals surface area contributed by atoms with Crippen LogP contribution >= 0.6 is 15.9 Å². The Morgan fingerprint density at radius 2 is 1.69 bits per heavy atom. The molecule has 3 rings (SSSR count). The van der Waals surface area contributed by atoms with Crippen LogP contribution in [0.25, 0.3) is 0 Å². The lowest BCUT2D eigenvalue weighted by molar-refractivity contribution is -0.136. The molecule has 3 amide bonds. The van der Waals surface area contributed by atoms with Crippen molar-refractivity contribution >= 4 is 51.2 Å². The zero-order valence-corrected chi connectivity index (χ0v) is 20.5. The Kier molecular flexibility index (Phi) is 8.69. The minimum atomic E-state index is -1.06. The fourth-order valence-corrected chi connectivity index (χ4v) is 3.76. The SMILES string of the molecule is Cc1cc(Br)cc(C)c1NC(=O)COc1cccc(/C=N\NC(=O)C(=O)Nc2ccccc2F)c1. The van der Waals surface area contributed by atoms with Crippen molar-refractivity contribution in [2.45, 2.75) is 13.8 Å². The van der Waals surface area contributed by atoms with E-state index < -0.39 is 17.6 Å². The average molecular weight is 541 g/mol. The summed E-state index contributed by atoms with van der Waals surface area (Å²) in [5, 5.41) is 8.74. The fourth-order valence-electron chi connectivity index (χ4n) is 3.07. The van der Waals surface area contributed by atoms with Crippen LogP contribution in [0.2, 0.25) is 0 Å². The predicted molar refractivity (Wildman–Crippen MR) is 135 cm³/mol. The number of rotatable bonds is 7. The lowest BCUT2D eigenvalue weighted by Gasteiger charge is -2.13. The van der Waals surface area contributed by atoms with Crippen molar-refractivity contribution < 1.29 is 23.5 Å². The number of para-hydroxylation sites is 1. The average Bonchev–Trinajstić information content (AvgIpc) is 2.81. The van der Waals surface area contributed by atoms with Crippen LogP contribution in [0.5, 0.6) is 5.75 Å². The van der Waals surface area contributed by atoms with Crippen LogP contribution in [-0.4, -0.2) is 30.5 Å². The zero-order chi connectivity index (χ0) is 25.4. The van der Waals surface area contributed by atoms with E-state index in [1.807, 2.05) is 26.0 Å². The lowest BCUT2D eigenvalue weighted by Crippen LogP contribution is -2.32. The fraction of sp³-hybridized carbons (Fsp3) is 0.120. The number of anilines is 2. The van der Waals surface area contributed by atoms with Gasteiger partial charge < -0.3 is 15.4 Å². The number of aryl methyl sites for hydroxylation is 2. The summed E-state index contributed by atoms with van der Waals surface area (Å²) in [7, 11) is 0. The van der Waals surface area contributed by atoms with Gasteiger partial charge in [0.15, 0.2) is 6.61 Å². The second kappa shape index (κ2) is 11.9. The molecule has 0 radical (unpaired) electrons. The van der Waals surface area contributed by atoms with Crippen LogP contribution in [0.1, 0.15) is 16.7 Å². The molecule has 0 atom stereocenters. The van der Waals surface area contributed by atoms with Crippen LogP contribution in [0.4, 0.5) is 15.8 Å². The van der Waals surface area contributed by atoms with Gasteiger partial charge in [-0.3, -0.25) is 14.4 Å². The van der Waals surface area contributed by atoms with Crippen LogP contribution < -0.4 is 20.8 Å². The molecule has 0 unspecified atom stereocenters. The largest absolute Gasteiger partial charge is 0.484 e. The van der Waals surface area contributed by atoms with E-state index in [4.69, 9.17) is 4.74 Å². The van der Waals surface area contributed by atoms with Gasteiger partial charge in [0.25, 0.3) is 5.91 Å². The van der Waals surface area contributed by atoms with Crippen molar-refractivity contribution in [2.75, 3.05) is 17.2 Å². The third-order valence-corrected chi connectivity index (χ3v) is 5.16. The van der Waals surface area contributed by atoms with E-state index >= 15 is 0 Å². The van der Waals surface area contributed by atoms with Crippen molar-refractivity contribution in [3.8, 4) is 5.75 Å². The van der Waals surface area contributed by atoms with Crippen molar-refractivity contribution in [2.24, 2.45) is 5.10 Å². The standard InChI is InChI=1S/C25H22BrFN4O4/c1-15-10-18(26)11-16(2)23(15)30-22(32)14-35-19-7-5-6-17(12-19)13-28-31-25(34)24(33)29-21-9-4-3-8-20(21)27/h3-13H,14H2,1-2H3,(H,29,33)(H,30,32)(H,31,34)/b28-13-. The van der Waals surface area contributed by atoms with Crippen molar-refractivity contribution in [1.82, 2.24) is 5.43 Å². The minimum Gasteiger partial charge on any atom is -0.484 e. The summed E-state index contributed by atoms with van der Waals surface area (Å²) in [4.78, 5) is 36.1. The number of carbonyl (C=O) groups is 3. The van der Waals surface area contributed by atoms with Gasteiger partial charge in [-0.1, -0.05) is 40.2 Å². The molecule has 0 saturated carbocycles. The highest BCUT2D eigenvalue weighted by Crippen LogP contribution is 2.25. The van der Waals surface area contributed by atoms with E-state index in [0.29, 0.717) is 11.3 Å². The van der Waals surface area contributed by atoms with Gasteiger partial charge in [0.2, 0.25) is 0 Å². The Morgan fingerprint density at radius 3 is 2.40 bits per heavy atom. The molecule has 3 aromatic rings. The summed E-state index contributed by atoms with van der Waals surface area (Å²) < 4.78 is 20.1. The normalized spacial score (nSPS) is 10.6. The summed E-state index contributed by atoms with van der Waals surface area (Å²) in [5.74, 6) is -2.69. The van der Waals surface area contributed by atoms with E-state index in [-0.39, 0.29) is 18.2 Å². The van der Waals surface area contributed by atoms with Gasteiger partial charge in [0.05, 0.1) is 11.9 Å². The molecule has 0 bridgehead atoms. The number of ether oxygens (including phenoxy) is 1. The van der Waals surface area contributed by atoms with Crippen LogP contribution in [0, 0.1) is 19.7 Å². The Hall–Kier alpha value is -4.05. The van der Waals surface area contributed by atoms with Crippen LogP contribution in [0.3, 0.4) is 0 Å². The summed E-state index contributed by atoms with van der Waals surface area (Å²) >= 11 is 3.43. The highest BCUT2D eigenvalue weighted by molar-refractivity contribution is 9.10. The zero-order valence-electron chi connectivity index (χ0n) is 18.9. The first-order valence-corrected chi connectivity index (χ1v) is 11.2. The molecule has 8 nitrogen and oxygen atoms in total. The first kappa shape index (κ1) is 25.6. The van der Waals surface area contributed by atoms with Crippen LogP contribution in [0.15, 0.2) is 70.2 Å². The maximum atomic E-state index is 13.6. The Labute approximate surface area is 209 Å². The lowest BCUT2D eigenvalue weighted by atomic mass is 10.1. The maximum absolute atomic E-state index is 13.6. The Balaban J connectivity index is 1.51. The van der Waals surface area contributed by atoms with E-state index in [0.717, 1.165) is 27.4 Å². The molecule has 0 aliphatic rings. The minimum absolute atomic E-state index is 0.115. The second-order valence-corrected chi connectivity index (χ2v) is 8.37. The van der Waals surface area contributed by atoms with Gasteiger partial charge in [-0.2, -0.15) is 5.10 Å². The molecule has 0 aliphatic carbocycles. The summed E-state index contributed by atoms with van der Waals surface area (Å²) in [5.41, 5.74) is 5.09. The molecule has 0 heterocycles. The highest BCUT2D eigenvalue weighted by atomic mass is 79.9. The van der Waals surface area contributed by atoms with Gasteiger partial charge in [-0.05, 0) is 66.9 Å². The summed E-state index contributed by atoms with van der Waals surface area (Å²) in [6.07, 6.45) is 1.30. The van der Waals surface area contributed by atoms with Crippen molar-refractivity contribution in [3.63, 3.8) is 0 Å². The number of halogens is 2. The van der Waals surface area contributed by atoms with Gasteiger partial charge in [-0.25, -0.2) is 9.82 Å². The molecular weight excluding hydrogens is 519 g/mol. The molecule has 0 fully saturated rings. The van der Waals surface area contributed by atoms with Gasteiger partial charge in [0.1, 0.15) is 11.6 Å². The quantitative estimate of drug-likeness (QED) is 0.235. The molecule has 180 valence electrons. The maximum Gasteiger partial charge on any atom is 0.329 e. The van der Waals surface area contributed by atoms with Crippen molar-refractivity contribution in [3.05, 3.63) is 87.6 Å². The second-order valence-electron chi connectivity index (χ2n) is 7.46. The molecule has 35 heavy (non-hydrogen) atoms. The van der Waals surface area contributed by atoms with Gasteiger partial charge in [0, 0.05) is 10.2 Å². The van der Waals surface area contributed by atoms with Gasteiger partial charge >= 0.3 is 11.8 Å². The number of hydrogen-bond acceptors (Lipinski definition) is 5. The smallest absolute Gasteiger partial charge is 0.329 e. The molecular formula is C25H22BrFN4O4. The molecule has 0 aliphatic heterocycles. The predicted octanol–water partition coefficient (Wildman–Crippen LogP) is 4.31. The first-order valence-electron chi connectivity index (χ1n) is 10.4. The molecule has 3 aromatic carbocycles. The number of carbonyl (C=O) groups excluding carboxylic acids is 3. The Morgan fingerprint density at radius 1 is 0.971 bits per heavy atom. The summed E-state index contributed by atoms with van der Waals surface area (Å²) in [6, 6.07) is 16.0. The number of hydrazone groups is 1. The number of nitrogens with one attached hydrogen (secondary N) is 3. The molecule has 0 saturated heterocycles. The van der Waals surface area contributed by atoms with Crippen LogP contribution in [-0.2, 0) is 14.4 Å². The monoisotopic (exact) mass is 540 g/mol. The molecule has 0 spiro atoms. The molecule has 3 N–H and O–H groups in total. The number of nitrogens with zero attached hydrogens (tertiary/aromatic N) is 1. The third-order valence-electron chi connectivity index (χ3n) is 4.70. The van der Waals surface area contributed by atoms with Gasteiger partial charge in [-0.15, -0.1) is 0 Å². The highest BCUT2D eigenvalue weighted by Gasteiger charge is 2.14. The topological polar surface area (TPSA) is 109 Å². The Bertz CT molecular complexity index is 1270.